The van der Waals surface area contributed by atoms with E-state index in [1.807, 2.05) is 0 Å². The molecule has 0 saturated carbocycles. The molecule has 0 heterocycles. The van der Waals surface area contributed by atoms with E-state index in [1.165, 1.54) is 0 Å². The van der Waals surface area contributed by atoms with Crippen molar-refractivity contribution in [2.75, 3.05) is 5.75 Å². The van der Waals surface area contributed by atoms with Crippen LogP contribution >= 0.6 is 0 Å². The summed E-state index contributed by atoms with van der Waals surface area (Å²) in [5.74, 6) is -4.84. The lowest BCUT2D eigenvalue weighted by atomic mass is 10.1. The van der Waals surface area contributed by atoms with Gasteiger partial charge in [0.2, 0.25) is 0 Å². The van der Waals surface area contributed by atoms with Crippen LogP contribution in [0.1, 0.15) is 39.0 Å². The molecular formula is C11H15F6O5S-. The first-order chi connectivity index (χ1) is 10.2. The van der Waals surface area contributed by atoms with Crippen LogP contribution in [-0.2, 0) is 19.6 Å². The molecule has 0 fully saturated rings. The van der Waals surface area contributed by atoms with Crippen molar-refractivity contribution < 1.29 is 48.8 Å². The topological polar surface area (TPSA) is 83.5 Å². The number of rotatable bonds is 8. The monoisotopic (exact) mass is 373 g/mol. The second-order valence-electron chi connectivity index (χ2n) is 4.81. The van der Waals surface area contributed by atoms with Crippen LogP contribution in [0.5, 0.6) is 0 Å². The smallest absolute Gasteiger partial charge is 0.438 e. The van der Waals surface area contributed by atoms with Gasteiger partial charge in [-0.15, -0.1) is 0 Å². The average Bonchev–Trinajstić information content (AvgIpc) is 2.29. The zero-order valence-electron chi connectivity index (χ0n) is 12.0. The fourth-order valence-corrected chi connectivity index (χ4v) is 2.54. The van der Waals surface area contributed by atoms with E-state index < -0.39 is 46.2 Å². The third-order valence-electron chi connectivity index (χ3n) is 2.82. The minimum absolute atomic E-state index is 0.0252. The minimum Gasteiger partial charge on any atom is -0.748 e. The quantitative estimate of drug-likeness (QED) is 0.283. The fourth-order valence-electron chi connectivity index (χ4n) is 1.66. The molecule has 0 rings (SSSR count). The molecule has 0 aliphatic rings. The zero-order valence-corrected chi connectivity index (χ0v) is 12.8. The van der Waals surface area contributed by atoms with E-state index in [9.17, 15) is 44.1 Å². The molecule has 12 heteroatoms. The molecule has 0 bridgehead atoms. The lowest BCUT2D eigenvalue weighted by Gasteiger charge is -2.36. The number of carbonyl (C=O) groups excluding carboxylic acids is 1. The highest BCUT2D eigenvalue weighted by Crippen LogP contribution is 2.47. The number of carbonyl (C=O) groups is 1. The van der Waals surface area contributed by atoms with Gasteiger partial charge < -0.3 is 9.29 Å². The Morgan fingerprint density at radius 3 is 1.83 bits per heavy atom. The third kappa shape index (κ3) is 6.53. The van der Waals surface area contributed by atoms with Crippen LogP contribution < -0.4 is 0 Å². The fraction of sp³-hybridized carbons (Fsp3) is 0.909. The highest BCUT2D eigenvalue weighted by molar-refractivity contribution is 7.85. The average molecular weight is 373 g/mol. The molecule has 23 heavy (non-hydrogen) atoms. The summed E-state index contributed by atoms with van der Waals surface area (Å²) in [6.45, 7) is 1.79. The maximum absolute atomic E-state index is 12.8. The van der Waals surface area contributed by atoms with Gasteiger partial charge in [0.1, 0.15) is 0 Å². The van der Waals surface area contributed by atoms with Crippen LogP contribution in [-0.4, -0.2) is 42.6 Å². The van der Waals surface area contributed by atoms with Crippen LogP contribution in [0, 0.1) is 0 Å². The van der Waals surface area contributed by atoms with Gasteiger partial charge in [0, 0.05) is 6.42 Å². The van der Waals surface area contributed by atoms with Gasteiger partial charge in [-0.3, -0.25) is 4.79 Å². The summed E-state index contributed by atoms with van der Waals surface area (Å²) in [6, 6.07) is 0. The zero-order chi connectivity index (χ0) is 18.5. The van der Waals surface area contributed by atoms with Gasteiger partial charge in [0.15, 0.2) is 0 Å². The summed E-state index contributed by atoms with van der Waals surface area (Å²) in [7, 11) is -5.99. The van der Waals surface area contributed by atoms with Crippen molar-refractivity contribution >= 4 is 16.1 Å². The molecule has 0 unspecified atom stereocenters. The summed E-state index contributed by atoms with van der Waals surface area (Å²) in [4.78, 5) is 11.3. The van der Waals surface area contributed by atoms with Crippen LogP contribution in [0.3, 0.4) is 0 Å². The first kappa shape index (κ1) is 22.0. The van der Waals surface area contributed by atoms with Crippen molar-refractivity contribution in [1.29, 1.82) is 0 Å². The largest absolute Gasteiger partial charge is 0.748 e. The lowest BCUT2D eigenvalue weighted by molar-refractivity contribution is -0.361. The van der Waals surface area contributed by atoms with Crippen molar-refractivity contribution in [2.45, 2.75) is 57.0 Å². The molecule has 0 aliphatic carbocycles. The molecule has 0 radical (unpaired) electrons. The molecule has 0 N–H and O–H groups in total. The van der Waals surface area contributed by atoms with E-state index in [-0.39, 0.29) is 6.42 Å². The summed E-state index contributed by atoms with van der Waals surface area (Å²) < 4.78 is 112. The number of esters is 1. The third-order valence-corrected chi connectivity index (χ3v) is 3.58. The van der Waals surface area contributed by atoms with Crippen molar-refractivity contribution in [3.63, 3.8) is 0 Å². The highest BCUT2D eigenvalue weighted by Gasteiger charge is 2.75. The van der Waals surface area contributed by atoms with Crippen molar-refractivity contribution in [2.24, 2.45) is 0 Å². The SMILES string of the molecule is CCCCCCC(=O)OC(CS(=O)(=O)[O-])(C(F)(F)F)C(F)(F)F. The maximum atomic E-state index is 12.8. The van der Waals surface area contributed by atoms with Crippen molar-refractivity contribution in [1.82, 2.24) is 0 Å². The Morgan fingerprint density at radius 2 is 1.48 bits per heavy atom. The number of hydrogen-bond acceptors (Lipinski definition) is 5. The molecule has 0 amide bonds. The van der Waals surface area contributed by atoms with Gasteiger partial charge in [0.25, 0.3) is 0 Å². The summed E-state index contributed by atoms with van der Waals surface area (Å²) in [5, 5.41) is 0. The van der Waals surface area contributed by atoms with Crippen LogP contribution in [0.15, 0.2) is 0 Å². The van der Waals surface area contributed by atoms with Gasteiger partial charge in [-0.25, -0.2) is 8.42 Å². The highest BCUT2D eigenvalue weighted by atomic mass is 32.2. The molecule has 0 aromatic heterocycles. The van der Waals surface area contributed by atoms with Crippen molar-refractivity contribution in [3.8, 4) is 0 Å². The maximum Gasteiger partial charge on any atom is 0.438 e. The van der Waals surface area contributed by atoms with Gasteiger partial charge in [0.05, 0.1) is 15.9 Å². The molecule has 138 valence electrons. The van der Waals surface area contributed by atoms with E-state index in [2.05, 4.69) is 4.74 Å². The van der Waals surface area contributed by atoms with E-state index in [0.717, 1.165) is 0 Å². The van der Waals surface area contributed by atoms with Crippen LogP contribution in [0.4, 0.5) is 26.3 Å². The number of alkyl halides is 6. The van der Waals surface area contributed by atoms with Gasteiger partial charge >= 0.3 is 23.9 Å². The minimum atomic E-state index is -6.32. The van der Waals surface area contributed by atoms with E-state index in [0.29, 0.717) is 19.3 Å². The predicted octanol–water partition coefficient (Wildman–Crippen LogP) is 2.91. The van der Waals surface area contributed by atoms with Crippen LogP contribution in [0.25, 0.3) is 0 Å². The first-order valence-electron chi connectivity index (χ1n) is 6.45. The normalized spacial score (nSPS) is 13.9. The second-order valence-corrected chi connectivity index (χ2v) is 6.21. The first-order valence-corrected chi connectivity index (χ1v) is 8.03. The molecule has 0 aromatic carbocycles. The standard InChI is InChI=1S/C11H16F6O5S/c1-2-3-4-5-6-8(18)22-9(10(12,13)14,11(15,16)17)7-23(19,20)21/h2-7H2,1H3,(H,19,20,21)/p-1. The van der Waals surface area contributed by atoms with Crippen molar-refractivity contribution in [3.05, 3.63) is 0 Å². The van der Waals surface area contributed by atoms with E-state index in [1.54, 1.807) is 6.92 Å². The Balaban J connectivity index is 5.47. The van der Waals surface area contributed by atoms with Gasteiger partial charge in [-0.05, 0) is 6.42 Å². The predicted molar refractivity (Wildman–Crippen MR) is 64.3 cm³/mol. The number of ether oxygens (including phenoxy) is 1. The number of unbranched alkanes of at least 4 members (excludes halogenated alkanes) is 3. The Hall–Kier alpha value is -1.04. The molecule has 0 aliphatic heterocycles. The van der Waals surface area contributed by atoms with Gasteiger partial charge in [-0.2, -0.15) is 26.3 Å². The Morgan fingerprint density at radius 1 is 1.00 bits per heavy atom. The summed E-state index contributed by atoms with van der Waals surface area (Å²) in [6.07, 6.45) is -11.7. The summed E-state index contributed by atoms with van der Waals surface area (Å²) in [5.41, 5.74) is -5.37. The Labute approximate surface area is 128 Å². The Kier molecular flexibility index (Phi) is 7.34. The molecule has 0 aromatic rings. The molecule has 0 spiro atoms. The van der Waals surface area contributed by atoms with E-state index >= 15 is 0 Å². The molecular weight excluding hydrogens is 358 g/mol. The summed E-state index contributed by atoms with van der Waals surface area (Å²) >= 11 is 0. The second kappa shape index (κ2) is 7.69. The Bertz CT molecular complexity index is 482. The molecule has 0 saturated heterocycles. The number of halogens is 6. The molecule has 0 atom stereocenters. The van der Waals surface area contributed by atoms with Crippen LogP contribution in [0.2, 0.25) is 0 Å². The number of hydrogen-bond donors (Lipinski definition) is 0. The molecule has 5 nitrogen and oxygen atoms in total. The van der Waals surface area contributed by atoms with E-state index in [4.69, 9.17) is 0 Å². The van der Waals surface area contributed by atoms with Gasteiger partial charge in [-0.1, -0.05) is 26.2 Å². The lowest BCUT2D eigenvalue weighted by Crippen LogP contribution is -2.63.